The number of rotatable bonds is 10. The molecule has 6 heteroatoms. The van der Waals surface area contributed by atoms with Gasteiger partial charge < -0.3 is 9.47 Å². The number of esters is 2. The molecule has 140 valence electrons. The Kier molecular flexibility index (Phi) is 8.63. The molecule has 0 bridgehead atoms. The van der Waals surface area contributed by atoms with Crippen molar-refractivity contribution < 1.29 is 27.8 Å². The van der Waals surface area contributed by atoms with E-state index in [4.69, 9.17) is 9.47 Å². The molecule has 1 fully saturated rings. The van der Waals surface area contributed by atoms with Crippen LogP contribution in [0.1, 0.15) is 71.6 Å². The summed E-state index contributed by atoms with van der Waals surface area (Å²) in [7, 11) is 1.32. The summed E-state index contributed by atoms with van der Waals surface area (Å²) in [5.74, 6) is -3.35. The molecule has 0 heterocycles. The molecule has 0 aromatic carbocycles. The second-order valence-electron chi connectivity index (χ2n) is 6.78. The third kappa shape index (κ3) is 7.14. The highest BCUT2D eigenvalue weighted by atomic mass is 19.3. The zero-order chi connectivity index (χ0) is 18.2. The van der Waals surface area contributed by atoms with Crippen LogP contribution in [0.4, 0.5) is 8.78 Å². The zero-order valence-corrected chi connectivity index (χ0v) is 15.0. The maximum atomic E-state index is 13.8. The van der Waals surface area contributed by atoms with E-state index in [1.54, 1.807) is 0 Å². The van der Waals surface area contributed by atoms with Crippen LogP contribution in [0.3, 0.4) is 0 Å². The molecule has 2 unspecified atom stereocenters. The fourth-order valence-electron chi connectivity index (χ4n) is 3.59. The van der Waals surface area contributed by atoms with Crippen LogP contribution in [0.25, 0.3) is 0 Å². The minimum absolute atomic E-state index is 0.0597. The zero-order valence-electron chi connectivity index (χ0n) is 15.0. The summed E-state index contributed by atoms with van der Waals surface area (Å²) in [6.45, 7) is 3.25. The van der Waals surface area contributed by atoms with Gasteiger partial charge in [0.1, 0.15) is 6.10 Å². The molecule has 1 rings (SSSR count). The SMILES string of the molecule is CCCCC(F)(F)CCC[C@H]1CCC(OC(C)=O)C1CC(=O)OC. The first kappa shape index (κ1) is 20.8. The van der Waals surface area contributed by atoms with Crippen molar-refractivity contribution >= 4 is 11.9 Å². The normalized spacial score (nSPS) is 24.0. The highest BCUT2D eigenvalue weighted by Gasteiger charge is 2.39. The van der Waals surface area contributed by atoms with Gasteiger partial charge in [0, 0.05) is 25.7 Å². The van der Waals surface area contributed by atoms with E-state index in [1.165, 1.54) is 14.0 Å². The Labute approximate surface area is 143 Å². The van der Waals surface area contributed by atoms with Crippen LogP contribution >= 0.6 is 0 Å². The molecular formula is C18H30F2O4. The first-order valence-corrected chi connectivity index (χ1v) is 8.91. The van der Waals surface area contributed by atoms with Crippen molar-refractivity contribution in [3.8, 4) is 0 Å². The molecule has 0 aliphatic heterocycles. The maximum Gasteiger partial charge on any atom is 0.305 e. The summed E-state index contributed by atoms with van der Waals surface area (Å²) < 4.78 is 37.5. The largest absolute Gasteiger partial charge is 0.469 e. The van der Waals surface area contributed by atoms with E-state index < -0.39 is 5.92 Å². The number of hydrogen-bond acceptors (Lipinski definition) is 4. The Balaban J connectivity index is 2.54. The summed E-state index contributed by atoms with van der Waals surface area (Å²) in [6, 6.07) is 0. The fraction of sp³-hybridized carbons (Fsp3) is 0.889. The molecule has 0 saturated heterocycles. The minimum atomic E-state index is -2.61. The van der Waals surface area contributed by atoms with Crippen LogP contribution in [-0.2, 0) is 19.1 Å². The Bertz CT molecular complexity index is 412. The highest BCUT2D eigenvalue weighted by molar-refractivity contribution is 5.70. The lowest BCUT2D eigenvalue weighted by atomic mass is 9.87. The summed E-state index contributed by atoms with van der Waals surface area (Å²) in [5, 5.41) is 0. The van der Waals surface area contributed by atoms with Gasteiger partial charge in [0.25, 0.3) is 0 Å². The molecule has 3 atom stereocenters. The first-order chi connectivity index (χ1) is 11.3. The number of ether oxygens (including phenoxy) is 2. The minimum Gasteiger partial charge on any atom is -0.469 e. The molecule has 24 heavy (non-hydrogen) atoms. The van der Waals surface area contributed by atoms with E-state index >= 15 is 0 Å². The number of methoxy groups -OCH3 is 1. The number of unbranched alkanes of at least 4 members (excludes halogenated alkanes) is 1. The highest BCUT2D eigenvalue weighted by Crippen LogP contribution is 2.40. The number of halogens is 2. The Morgan fingerprint density at radius 1 is 1.17 bits per heavy atom. The number of hydrogen-bond donors (Lipinski definition) is 0. The lowest BCUT2D eigenvalue weighted by Gasteiger charge is -2.24. The van der Waals surface area contributed by atoms with Gasteiger partial charge in [-0.05, 0) is 38.0 Å². The second kappa shape index (κ2) is 9.94. The molecule has 0 aromatic heterocycles. The molecule has 0 aromatic rings. The van der Waals surface area contributed by atoms with E-state index in [0.717, 1.165) is 12.8 Å². The van der Waals surface area contributed by atoms with E-state index in [-0.39, 0.29) is 49.1 Å². The smallest absolute Gasteiger partial charge is 0.305 e. The van der Waals surface area contributed by atoms with Crippen LogP contribution in [0, 0.1) is 11.8 Å². The van der Waals surface area contributed by atoms with E-state index in [9.17, 15) is 18.4 Å². The summed E-state index contributed by atoms with van der Waals surface area (Å²) >= 11 is 0. The average Bonchev–Trinajstić information content (AvgIpc) is 2.86. The molecule has 0 radical (unpaired) electrons. The van der Waals surface area contributed by atoms with Crippen LogP contribution in [-0.4, -0.2) is 31.1 Å². The molecule has 4 nitrogen and oxygen atoms in total. The van der Waals surface area contributed by atoms with Crippen LogP contribution in [0.5, 0.6) is 0 Å². The Hall–Kier alpha value is -1.20. The van der Waals surface area contributed by atoms with Gasteiger partial charge >= 0.3 is 11.9 Å². The van der Waals surface area contributed by atoms with Gasteiger partial charge in [-0.2, -0.15) is 0 Å². The van der Waals surface area contributed by atoms with Gasteiger partial charge in [0.2, 0.25) is 5.92 Å². The predicted octanol–water partition coefficient (Wildman–Crippen LogP) is 4.50. The van der Waals surface area contributed by atoms with Crippen molar-refractivity contribution in [3.05, 3.63) is 0 Å². The van der Waals surface area contributed by atoms with Gasteiger partial charge in [-0.25, -0.2) is 8.78 Å². The summed E-state index contributed by atoms with van der Waals surface area (Å²) in [6.07, 6.45) is 3.51. The van der Waals surface area contributed by atoms with Gasteiger partial charge in [0.05, 0.1) is 13.5 Å². The van der Waals surface area contributed by atoms with E-state index in [0.29, 0.717) is 25.7 Å². The van der Waals surface area contributed by atoms with Gasteiger partial charge in [-0.15, -0.1) is 0 Å². The van der Waals surface area contributed by atoms with E-state index in [1.807, 2.05) is 6.92 Å². The van der Waals surface area contributed by atoms with Gasteiger partial charge in [-0.1, -0.05) is 13.3 Å². The fourth-order valence-corrected chi connectivity index (χ4v) is 3.59. The van der Waals surface area contributed by atoms with Crippen LogP contribution in [0.15, 0.2) is 0 Å². The second-order valence-corrected chi connectivity index (χ2v) is 6.78. The first-order valence-electron chi connectivity index (χ1n) is 8.91. The Morgan fingerprint density at radius 3 is 2.42 bits per heavy atom. The van der Waals surface area contributed by atoms with Crippen molar-refractivity contribution in [2.45, 2.75) is 83.7 Å². The van der Waals surface area contributed by atoms with Crippen LogP contribution < -0.4 is 0 Å². The van der Waals surface area contributed by atoms with Crippen LogP contribution in [0.2, 0.25) is 0 Å². The van der Waals surface area contributed by atoms with Crippen molar-refractivity contribution in [1.82, 2.24) is 0 Å². The number of alkyl halides is 2. The molecule has 1 aliphatic carbocycles. The summed E-state index contributed by atoms with van der Waals surface area (Å²) in [5.41, 5.74) is 0. The third-order valence-electron chi connectivity index (χ3n) is 4.87. The Morgan fingerprint density at radius 2 is 1.83 bits per heavy atom. The molecule has 0 spiro atoms. The monoisotopic (exact) mass is 348 g/mol. The van der Waals surface area contributed by atoms with Crippen molar-refractivity contribution in [2.75, 3.05) is 7.11 Å². The lowest BCUT2D eigenvalue weighted by Crippen LogP contribution is -2.27. The lowest BCUT2D eigenvalue weighted by molar-refractivity contribution is -0.152. The van der Waals surface area contributed by atoms with Crippen molar-refractivity contribution in [1.29, 1.82) is 0 Å². The molecular weight excluding hydrogens is 318 g/mol. The third-order valence-corrected chi connectivity index (χ3v) is 4.87. The quantitative estimate of drug-likeness (QED) is 0.545. The molecule has 1 aliphatic rings. The molecule has 0 amide bonds. The number of carbonyl (C=O) groups is 2. The summed E-state index contributed by atoms with van der Waals surface area (Å²) in [4.78, 5) is 22.8. The molecule has 0 N–H and O–H groups in total. The maximum absolute atomic E-state index is 13.8. The predicted molar refractivity (Wildman–Crippen MR) is 86.7 cm³/mol. The van der Waals surface area contributed by atoms with Gasteiger partial charge in [0.15, 0.2) is 0 Å². The van der Waals surface area contributed by atoms with Crippen molar-refractivity contribution in [3.63, 3.8) is 0 Å². The topological polar surface area (TPSA) is 52.6 Å². The standard InChI is InChI=1S/C18H30F2O4/c1-4-5-10-18(19,20)11-6-7-14-8-9-16(24-13(2)21)15(14)12-17(22)23-3/h14-16H,4-12H2,1-3H3/t14-,15?,16?/m0/s1. The molecule has 1 saturated carbocycles. The van der Waals surface area contributed by atoms with E-state index in [2.05, 4.69) is 0 Å². The number of carbonyl (C=O) groups excluding carboxylic acids is 2. The van der Waals surface area contributed by atoms with Crippen molar-refractivity contribution in [2.24, 2.45) is 11.8 Å². The van der Waals surface area contributed by atoms with Gasteiger partial charge in [-0.3, -0.25) is 9.59 Å². The average molecular weight is 348 g/mol.